The second-order valence-corrected chi connectivity index (χ2v) is 6.55. The van der Waals surface area contributed by atoms with Gasteiger partial charge in [0.05, 0.1) is 23.3 Å². The zero-order valence-corrected chi connectivity index (χ0v) is 12.6. The fourth-order valence-corrected chi connectivity index (χ4v) is 2.92. The normalized spacial score (nSPS) is 11.7. The van der Waals surface area contributed by atoms with Gasteiger partial charge in [-0.15, -0.1) is 0 Å². The number of halogens is 2. The number of carbonyl (C=O) groups is 1. The second-order valence-electron chi connectivity index (χ2n) is 4.56. The molecular formula is C14H13F2NO4S. The van der Waals surface area contributed by atoms with E-state index in [9.17, 15) is 22.0 Å². The maximum Gasteiger partial charge on any atom is 0.338 e. The predicted molar refractivity (Wildman–Crippen MR) is 75.2 cm³/mol. The van der Waals surface area contributed by atoms with Crippen LogP contribution in [0, 0.1) is 0 Å². The van der Waals surface area contributed by atoms with Crippen LogP contribution in [-0.2, 0) is 14.6 Å². The Bertz CT molecular complexity index is 799. The summed E-state index contributed by atoms with van der Waals surface area (Å²) in [6.07, 6.45) is 1.05. The average Bonchev–Trinajstić information content (AvgIpc) is 2.98. The van der Waals surface area contributed by atoms with Crippen molar-refractivity contribution in [1.29, 1.82) is 0 Å². The van der Waals surface area contributed by atoms with E-state index in [1.54, 1.807) is 12.1 Å². The lowest BCUT2D eigenvalue weighted by Gasteiger charge is -2.15. The molecule has 0 saturated heterocycles. The third kappa shape index (κ3) is 3.01. The lowest BCUT2D eigenvalue weighted by molar-refractivity contribution is 0.0589. The molecule has 2 aromatic rings. The third-order valence-electron chi connectivity index (χ3n) is 3.05. The van der Waals surface area contributed by atoms with Crippen LogP contribution in [0.25, 0.3) is 5.69 Å². The first-order chi connectivity index (χ1) is 10.3. The summed E-state index contributed by atoms with van der Waals surface area (Å²) in [6, 6.07) is 5.18. The topological polar surface area (TPSA) is 65.4 Å². The molecule has 0 unspecified atom stereocenters. The number of carbonyl (C=O) groups excluding carboxylic acids is 1. The molecule has 1 aromatic heterocycles. The van der Waals surface area contributed by atoms with Crippen LogP contribution < -0.4 is 0 Å². The van der Waals surface area contributed by atoms with Gasteiger partial charge in [0.15, 0.2) is 9.84 Å². The van der Waals surface area contributed by atoms with Crippen molar-refractivity contribution in [2.45, 2.75) is 11.3 Å². The first-order valence-electron chi connectivity index (χ1n) is 6.13. The average molecular weight is 329 g/mol. The smallest absolute Gasteiger partial charge is 0.338 e. The number of alkyl halides is 2. The van der Waals surface area contributed by atoms with Crippen LogP contribution >= 0.6 is 0 Å². The van der Waals surface area contributed by atoms with Crippen molar-refractivity contribution in [1.82, 2.24) is 4.57 Å². The molecule has 0 saturated carbocycles. The van der Waals surface area contributed by atoms with Crippen LogP contribution in [-0.4, -0.2) is 32.3 Å². The van der Waals surface area contributed by atoms with E-state index in [1.165, 1.54) is 17.0 Å². The summed E-state index contributed by atoms with van der Waals surface area (Å²) >= 11 is 0. The standard InChI is InChI=1S/C14H13F2NO4S/c1-21-14(18)10-8-12(22(2,19)20)11(7-9(10)13(15)16)17-5-3-4-6-17/h3-8,13H,1-2H3. The summed E-state index contributed by atoms with van der Waals surface area (Å²) in [5.74, 6) is -1.01. The van der Waals surface area contributed by atoms with E-state index in [1.807, 2.05) is 0 Å². The molecule has 0 amide bonds. The minimum atomic E-state index is -3.74. The minimum absolute atomic E-state index is 0.0513. The van der Waals surface area contributed by atoms with Gasteiger partial charge in [-0.3, -0.25) is 0 Å². The number of nitrogens with zero attached hydrogens (tertiary/aromatic N) is 1. The van der Waals surface area contributed by atoms with Crippen molar-refractivity contribution in [3.05, 3.63) is 47.8 Å². The second kappa shape index (κ2) is 5.88. The molecule has 0 atom stereocenters. The molecule has 8 heteroatoms. The van der Waals surface area contributed by atoms with Crippen molar-refractivity contribution in [3.63, 3.8) is 0 Å². The number of rotatable bonds is 4. The number of hydrogen-bond acceptors (Lipinski definition) is 4. The zero-order valence-electron chi connectivity index (χ0n) is 11.8. The van der Waals surface area contributed by atoms with Crippen LogP contribution in [0.3, 0.4) is 0 Å². The molecule has 0 aliphatic rings. The number of aromatic nitrogens is 1. The summed E-state index contributed by atoms with van der Waals surface area (Å²) < 4.78 is 56.1. The van der Waals surface area contributed by atoms with Gasteiger partial charge in [0.2, 0.25) is 0 Å². The van der Waals surface area contributed by atoms with Crippen LogP contribution in [0.15, 0.2) is 41.6 Å². The summed E-state index contributed by atoms with van der Waals surface area (Å²) in [4.78, 5) is 11.4. The van der Waals surface area contributed by atoms with Crippen molar-refractivity contribution >= 4 is 15.8 Å². The Morgan fingerprint density at radius 1 is 1.23 bits per heavy atom. The quantitative estimate of drug-likeness (QED) is 0.809. The molecule has 0 N–H and O–H groups in total. The Morgan fingerprint density at radius 3 is 2.27 bits per heavy atom. The van der Waals surface area contributed by atoms with E-state index in [-0.39, 0.29) is 10.6 Å². The van der Waals surface area contributed by atoms with Gasteiger partial charge in [0, 0.05) is 24.2 Å². The number of benzene rings is 1. The molecule has 22 heavy (non-hydrogen) atoms. The largest absolute Gasteiger partial charge is 0.465 e. The fraction of sp³-hybridized carbons (Fsp3) is 0.214. The van der Waals surface area contributed by atoms with Gasteiger partial charge in [0.1, 0.15) is 0 Å². The third-order valence-corrected chi connectivity index (χ3v) is 4.18. The minimum Gasteiger partial charge on any atom is -0.465 e. The van der Waals surface area contributed by atoms with Gasteiger partial charge in [-0.1, -0.05) is 0 Å². The predicted octanol–water partition coefficient (Wildman–Crippen LogP) is 2.61. The van der Waals surface area contributed by atoms with Gasteiger partial charge >= 0.3 is 5.97 Å². The monoisotopic (exact) mass is 329 g/mol. The van der Waals surface area contributed by atoms with E-state index in [4.69, 9.17) is 0 Å². The van der Waals surface area contributed by atoms with Gasteiger partial charge in [-0.05, 0) is 24.3 Å². The zero-order chi connectivity index (χ0) is 16.5. The molecule has 0 fully saturated rings. The number of sulfone groups is 1. The first-order valence-corrected chi connectivity index (χ1v) is 8.02. The molecule has 0 aliphatic carbocycles. The Balaban J connectivity index is 2.84. The number of esters is 1. The number of hydrogen-bond donors (Lipinski definition) is 0. The van der Waals surface area contributed by atoms with E-state index < -0.39 is 33.4 Å². The lowest BCUT2D eigenvalue weighted by atomic mass is 10.1. The molecule has 1 heterocycles. The van der Waals surface area contributed by atoms with E-state index in [0.717, 1.165) is 25.5 Å². The molecule has 0 spiro atoms. The molecule has 1 aromatic carbocycles. The summed E-state index contributed by atoms with van der Waals surface area (Å²) in [5.41, 5.74) is -0.993. The molecular weight excluding hydrogens is 316 g/mol. The van der Waals surface area contributed by atoms with Crippen LogP contribution in [0.2, 0.25) is 0 Å². The summed E-state index contributed by atoms with van der Waals surface area (Å²) in [6.45, 7) is 0. The van der Waals surface area contributed by atoms with Gasteiger partial charge < -0.3 is 9.30 Å². The van der Waals surface area contributed by atoms with Crippen LogP contribution in [0.5, 0.6) is 0 Å². The highest BCUT2D eigenvalue weighted by atomic mass is 32.2. The Morgan fingerprint density at radius 2 is 1.82 bits per heavy atom. The van der Waals surface area contributed by atoms with Crippen molar-refractivity contribution in [3.8, 4) is 5.69 Å². The summed E-state index contributed by atoms with van der Waals surface area (Å²) in [5, 5.41) is 0. The summed E-state index contributed by atoms with van der Waals surface area (Å²) in [7, 11) is -2.70. The van der Waals surface area contributed by atoms with Gasteiger partial charge in [-0.25, -0.2) is 22.0 Å². The highest BCUT2D eigenvalue weighted by Crippen LogP contribution is 2.31. The molecule has 0 bridgehead atoms. The van der Waals surface area contributed by atoms with E-state index in [2.05, 4.69) is 4.74 Å². The maximum absolute atomic E-state index is 13.2. The Labute approximate surface area is 126 Å². The first kappa shape index (κ1) is 16.2. The Kier molecular flexibility index (Phi) is 4.32. The molecule has 5 nitrogen and oxygen atoms in total. The molecule has 2 rings (SSSR count). The van der Waals surface area contributed by atoms with E-state index >= 15 is 0 Å². The van der Waals surface area contributed by atoms with Crippen molar-refractivity contribution in [2.24, 2.45) is 0 Å². The SMILES string of the molecule is COC(=O)c1cc(S(C)(=O)=O)c(-n2cccc2)cc1C(F)F. The van der Waals surface area contributed by atoms with Crippen LogP contribution in [0.4, 0.5) is 8.78 Å². The number of ether oxygens (including phenoxy) is 1. The molecule has 0 aliphatic heterocycles. The van der Waals surface area contributed by atoms with Crippen LogP contribution in [0.1, 0.15) is 22.3 Å². The molecule has 118 valence electrons. The lowest BCUT2D eigenvalue weighted by Crippen LogP contribution is -2.12. The number of methoxy groups -OCH3 is 1. The fourth-order valence-electron chi connectivity index (χ4n) is 2.05. The van der Waals surface area contributed by atoms with Gasteiger partial charge in [-0.2, -0.15) is 0 Å². The highest BCUT2D eigenvalue weighted by Gasteiger charge is 2.25. The van der Waals surface area contributed by atoms with Crippen molar-refractivity contribution in [2.75, 3.05) is 13.4 Å². The Hall–Kier alpha value is -2.22. The molecule has 0 radical (unpaired) electrons. The van der Waals surface area contributed by atoms with Crippen molar-refractivity contribution < 1.29 is 26.7 Å². The van der Waals surface area contributed by atoms with Gasteiger partial charge in [0.25, 0.3) is 6.43 Å². The maximum atomic E-state index is 13.2. The van der Waals surface area contributed by atoms with E-state index in [0.29, 0.717) is 0 Å². The highest BCUT2D eigenvalue weighted by molar-refractivity contribution is 7.90.